The van der Waals surface area contributed by atoms with Gasteiger partial charge in [0.15, 0.2) is 0 Å². The van der Waals surface area contributed by atoms with E-state index in [2.05, 4.69) is 20.5 Å². The number of nitrogens with one attached hydrogen (secondary N) is 3. The number of halogens is 1. The minimum absolute atomic E-state index is 0.351. The monoisotopic (exact) mass is 442 g/mol. The number of ether oxygens (including phenoxy) is 1. The fourth-order valence-electron chi connectivity index (χ4n) is 3.47. The van der Waals surface area contributed by atoms with Gasteiger partial charge in [-0.15, -0.1) is 0 Å². The Hall–Kier alpha value is -3.03. The van der Waals surface area contributed by atoms with Gasteiger partial charge in [0, 0.05) is 35.2 Å². The number of anilines is 2. The summed E-state index contributed by atoms with van der Waals surface area (Å²) in [6.45, 7) is 3.75. The molecule has 0 bridgehead atoms. The van der Waals surface area contributed by atoms with Crippen molar-refractivity contribution in [2.24, 2.45) is 5.73 Å². The van der Waals surface area contributed by atoms with Gasteiger partial charge in [-0.05, 0) is 68.4 Å². The van der Waals surface area contributed by atoms with Gasteiger partial charge in [0.25, 0.3) is 0 Å². The van der Waals surface area contributed by atoms with E-state index in [-0.39, 0.29) is 6.03 Å². The molecule has 31 heavy (non-hydrogen) atoms. The molecular weight excluding hydrogens is 414 g/mol. The van der Waals surface area contributed by atoms with E-state index in [1.54, 1.807) is 30.3 Å². The van der Waals surface area contributed by atoms with E-state index >= 15 is 0 Å². The van der Waals surface area contributed by atoms with Crippen molar-refractivity contribution in [3.63, 3.8) is 0 Å². The fraction of sp³-hybridized carbons (Fsp3) is 0.304. The molecule has 1 saturated heterocycles. The van der Waals surface area contributed by atoms with Crippen LogP contribution in [0.1, 0.15) is 18.4 Å². The zero-order valence-corrected chi connectivity index (χ0v) is 18.4. The second-order valence-corrected chi connectivity index (χ2v) is 7.65. The quantitative estimate of drug-likeness (QED) is 0.472. The summed E-state index contributed by atoms with van der Waals surface area (Å²) in [6.07, 6.45) is 5.73. The Morgan fingerprint density at radius 2 is 1.84 bits per heavy atom. The van der Waals surface area contributed by atoms with Gasteiger partial charge in [-0.25, -0.2) is 9.79 Å². The van der Waals surface area contributed by atoms with Crippen LogP contribution in [-0.4, -0.2) is 49.9 Å². The summed E-state index contributed by atoms with van der Waals surface area (Å²) in [5, 5.41) is 6.25. The van der Waals surface area contributed by atoms with Crippen LogP contribution in [0.4, 0.5) is 16.2 Å². The highest BCUT2D eigenvalue weighted by Gasteiger charge is 2.16. The molecule has 5 N–H and O–H groups in total. The molecule has 2 aromatic carbocycles. The normalized spacial score (nSPS) is 14.7. The standard InChI is InChI=1S/C23H28ClN5O2/c1-26-21(10-11-25)20-16-19(28-23(30)27-18-6-4-17(24)5-7-18)8-9-22(20)31-15-14-29-12-2-3-13-29/h4-11,16H,2-3,12-15,25H2,1H3,(H2,27,28,30)/p+1. The molecule has 7 nitrogen and oxygen atoms in total. The Labute approximate surface area is 187 Å². The van der Waals surface area contributed by atoms with Crippen LogP contribution in [0, 0.1) is 0 Å². The van der Waals surface area contributed by atoms with Crippen molar-refractivity contribution in [1.29, 1.82) is 0 Å². The van der Waals surface area contributed by atoms with Crippen LogP contribution >= 0.6 is 11.6 Å². The molecule has 0 atom stereocenters. The third-order valence-electron chi connectivity index (χ3n) is 5.03. The number of carbonyl (C=O) groups excluding carboxylic acids is 1. The van der Waals surface area contributed by atoms with Crippen LogP contribution in [0.3, 0.4) is 0 Å². The third-order valence-corrected chi connectivity index (χ3v) is 5.28. The number of nitrogens with two attached hydrogens (primary N) is 1. The molecule has 1 heterocycles. The molecule has 1 fully saturated rings. The van der Waals surface area contributed by atoms with Crippen molar-refractivity contribution in [2.75, 3.05) is 43.9 Å². The number of benzene rings is 2. The van der Waals surface area contributed by atoms with Crippen LogP contribution in [0.5, 0.6) is 5.75 Å². The lowest BCUT2D eigenvalue weighted by Gasteiger charge is -2.16. The molecule has 0 unspecified atom stereocenters. The minimum Gasteiger partial charge on any atom is -0.491 e. The second-order valence-electron chi connectivity index (χ2n) is 7.22. The van der Waals surface area contributed by atoms with Crippen LogP contribution in [-0.2, 0) is 0 Å². The first kappa shape index (κ1) is 22.7. The van der Waals surface area contributed by atoms with Gasteiger partial charge in [-0.3, -0.25) is 4.90 Å². The molecule has 0 saturated carbocycles. The number of nitrogens with zero attached hydrogens (tertiary/aromatic N) is 1. The molecular formula is C23H29ClN5O2+. The van der Waals surface area contributed by atoms with Crippen LogP contribution in [0.25, 0.3) is 0 Å². The number of allylic oxidation sites excluding steroid dienone is 1. The Morgan fingerprint density at radius 1 is 1.16 bits per heavy atom. The Balaban J connectivity index is 1.71. The summed E-state index contributed by atoms with van der Waals surface area (Å²) in [6, 6.07) is 12.1. The fourth-order valence-corrected chi connectivity index (χ4v) is 3.59. The average molecular weight is 443 g/mol. The molecule has 164 valence electrons. The van der Waals surface area contributed by atoms with E-state index in [1.807, 2.05) is 25.2 Å². The molecule has 1 aliphatic heterocycles. The number of amides is 2. The topological polar surface area (TPSA) is 93.6 Å². The van der Waals surface area contributed by atoms with Crippen LogP contribution < -0.4 is 26.1 Å². The van der Waals surface area contributed by atoms with Crippen molar-refractivity contribution < 1.29 is 14.5 Å². The predicted octanol–water partition coefficient (Wildman–Crippen LogP) is 2.43. The van der Waals surface area contributed by atoms with E-state index in [1.165, 1.54) is 19.0 Å². The first-order valence-electron chi connectivity index (χ1n) is 10.3. The van der Waals surface area contributed by atoms with Gasteiger partial charge in [-0.1, -0.05) is 11.6 Å². The molecule has 3 rings (SSSR count). The van der Waals surface area contributed by atoms with E-state index in [4.69, 9.17) is 22.1 Å². The molecule has 1 aliphatic rings. The number of hydrogen-bond acceptors (Lipinski definition) is 4. The van der Waals surface area contributed by atoms with E-state index in [0.717, 1.165) is 36.7 Å². The first-order valence-corrected chi connectivity index (χ1v) is 10.7. The number of urea groups is 1. The summed E-state index contributed by atoms with van der Waals surface area (Å²) in [7, 11) is 1.82. The molecule has 2 aromatic rings. The van der Waals surface area contributed by atoms with Gasteiger partial charge in [0.2, 0.25) is 5.71 Å². The summed E-state index contributed by atoms with van der Waals surface area (Å²) >= 11 is 5.89. The van der Waals surface area contributed by atoms with E-state index < -0.39 is 0 Å². The lowest BCUT2D eigenvalue weighted by Crippen LogP contribution is -2.67. The third kappa shape index (κ3) is 6.73. The van der Waals surface area contributed by atoms with Gasteiger partial charge < -0.3 is 21.1 Å². The molecule has 0 radical (unpaired) electrons. The number of rotatable bonds is 8. The van der Waals surface area contributed by atoms with Crippen molar-refractivity contribution in [3.8, 4) is 5.75 Å². The maximum absolute atomic E-state index is 12.4. The zero-order valence-electron chi connectivity index (χ0n) is 17.7. The Morgan fingerprint density at radius 3 is 2.52 bits per heavy atom. The predicted molar refractivity (Wildman–Crippen MR) is 126 cm³/mol. The minimum atomic E-state index is -0.351. The summed E-state index contributed by atoms with van der Waals surface area (Å²) < 4.78 is 6.08. The highest BCUT2D eigenvalue weighted by atomic mass is 35.5. The maximum Gasteiger partial charge on any atom is 0.323 e. The largest absolute Gasteiger partial charge is 0.491 e. The molecule has 8 heteroatoms. The molecule has 0 aliphatic carbocycles. The maximum atomic E-state index is 12.4. The van der Waals surface area contributed by atoms with Crippen molar-refractivity contribution >= 4 is 34.7 Å². The summed E-state index contributed by atoms with van der Waals surface area (Å²) in [4.78, 5) is 17.9. The zero-order chi connectivity index (χ0) is 22.1. The van der Waals surface area contributed by atoms with Gasteiger partial charge in [-0.2, -0.15) is 0 Å². The van der Waals surface area contributed by atoms with Crippen LogP contribution in [0.2, 0.25) is 5.02 Å². The Bertz CT molecular complexity index is 937. The lowest BCUT2D eigenvalue weighted by atomic mass is 10.1. The van der Waals surface area contributed by atoms with Crippen molar-refractivity contribution in [1.82, 2.24) is 4.90 Å². The first-order chi connectivity index (χ1) is 15.1. The van der Waals surface area contributed by atoms with E-state index in [9.17, 15) is 4.79 Å². The highest BCUT2D eigenvalue weighted by molar-refractivity contribution is 6.30. The number of carbonyl (C=O) groups is 1. The Kier molecular flexibility index (Phi) is 8.32. The molecule has 2 amide bonds. The van der Waals surface area contributed by atoms with Gasteiger partial charge in [0.1, 0.15) is 19.4 Å². The van der Waals surface area contributed by atoms with Crippen molar-refractivity contribution in [3.05, 3.63) is 65.3 Å². The molecule has 0 spiro atoms. The number of likely N-dealkylation sites (tertiary alicyclic amines) is 1. The SMILES string of the molecule is C[NH+]=C(C=CN)c1cc(NC(=O)Nc2ccc(Cl)cc2)ccc1OCCN1CCCC1. The smallest absolute Gasteiger partial charge is 0.323 e. The van der Waals surface area contributed by atoms with Crippen molar-refractivity contribution in [2.45, 2.75) is 12.8 Å². The summed E-state index contributed by atoms with van der Waals surface area (Å²) in [5.41, 5.74) is 8.50. The lowest BCUT2D eigenvalue weighted by molar-refractivity contribution is -0.418. The molecule has 0 aromatic heterocycles. The van der Waals surface area contributed by atoms with Crippen LogP contribution in [0.15, 0.2) is 54.7 Å². The summed E-state index contributed by atoms with van der Waals surface area (Å²) in [5.74, 6) is 0.727. The highest BCUT2D eigenvalue weighted by Crippen LogP contribution is 2.24. The number of hydrogen-bond donors (Lipinski definition) is 4. The second kappa shape index (κ2) is 11.4. The van der Waals surface area contributed by atoms with Gasteiger partial charge in [0.05, 0.1) is 5.56 Å². The van der Waals surface area contributed by atoms with E-state index in [0.29, 0.717) is 23.0 Å². The van der Waals surface area contributed by atoms with Gasteiger partial charge >= 0.3 is 6.03 Å². The average Bonchev–Trinajstić information content (AvgIpc) is 3.28.